The fraction of sp³-hybridized carbons (Fsp3) is 0.318. The van der Waals surface area contributed by atoms with Crippen LogP contribution in [0.3, 0.4) is 0 Å². The molecule has 1 amide bonds. The van der Waals surface area contributed by atoms with Crippen molar-refractivity contribution in [1.29, 1.82) is 0 Å². The van der Waals surface area contributed by atoms with Gasteiger partial charge in [0, 0.05) is 23.7 Å². The van der Waals surface area contributed by atoms with E-state index in [4.69, 9.17) is 4.74 Å². The van der Waals surface area contributed by atoms with Crippen LogP contribution in [0.2, 0.25) is 0 Å². The van der Waals surface area contributed by atoms with Gasteiger partial charge >= 0.3 is 6.18 Å². The fourth-order valence-electron chi connectivity index (χ4n) is 3.83. The molecular weight excluding hydrogens is 383 g/mol. The van der Waals surface area contributed by atoms with Crippen LogP contribution in [-0.4, -0.2) is 17.6 Å². The molecule has 0 saturated carbocycles. The van der Waals surface area contributed by atoms with Gasteiger partial charge < -0.3 is 15.2 Å². The van der Waals surface area contributed by atoms with Gasteiger partial charge in [-0.15, -0.1) is 0 Å². The molecule has 4 rings (SSSR count). The summed E-state index contributed by atoms with van der Waals surface area (Å²) in [7, 11) is 0. The Morgan fingerprint density at radius 2 is 2.00 bits per heavy atom. The number of aliphatic hydroxyl groups is 1. The zero-order valence-corrected chi connectivity index (χ0v) is 15.6. The Kier molecular flexibility index (Phi) is 5.08. The number of anilines is 1. The molecule has 1 aliphatic heterocycles. The van der Waals surface area contributed by atoms with Gasteiger partial charge in [-0.2, -0.15) is 13.2 Å². The second-order valence-electron chi connectivity index (χ2n) is 7.29. The van der Waals surface area contributed by atoms with Crippen LogP contribution in [0.4, 0.5) is 18.9 Å². The maximum absolute atomic E-state index is 12.9. The number of nitrogens with one attached hydrogen (secondary N) is 1. The van der Waals surface area contributed by atoms with E-state index in [9.17, 15) is 23.1 Å². The Balaban J connectivity index is 1.55. The zero-order valence-electron chi connectivity index (χ0n) is 15.6. The lowest BCUT2D eigenvalue weighted by Crippen LogP contribution is -2.15. The highest BCUT2D eigenvalue weighted by atomic mass is 19.4. The summed E-state index contributed by atoms with van der Waals surface area (Å²) >= 11 is 0. The number of carbonyl (C=O) groups excluding carboxylic acids is 1. The third-order valence-electron chi connectivity index (χ3n) is 5.29. The number of aliphatic hydroxyl groups excluding tert-OH is 1. The normalized spacial score (nSPS) is 19.9. The number of hydrogen-bond donors (Lipinski definition) is 2. The molecule has 0 fully saturated rings. The summed E-state index contributed by atoms with van der Waals surface area (Å²) in [5.74, 6) is -0.250. The summed E-state index contributed by atoms with van der Waals surface area (Å²) in [6.07, 6.45) is -0.623. The van der Waals surface area contributed by atoms with Crippen LogP contribution in [0.5, 0.6) is 5.75 Å². The van der Waals surface area contributed by atoms with Gasteiger partial charge in [0.1, 0.15) is 5.75 Å². The highest BCUT2D eigenvalue weighted by molar-refractivity contribution is 6.04. The Labute approximate surface area is 166 Å². The van der Waals surface area contributed by atoms with E-state index >= 15 is 0 Å². The summed E-state index contributed by atoms with van der Waals surface area (Å²) in [6.45, 7) is 0.207. The molecule has 1 unspecified atom stereocenters. The van der Waals surface area contributed by atoms with Gasteiger partial charge in [-0.1, -0.05) is 12.1 Å². The van der Waals surface area contributed by atoms with Crippen LogP contribution in [0.15, 0.2) is 42.5 Å². The second kappa shape index (κ2) is 7.55. The summed E-state index contributed by atoms with van der Waals surface area (Å²) in [5, 5.41) is 12.9. The second-order valence-corrected chi connectivity index (χ2v) is 7.29. The highest BCUT2D eigenvalue weighted by Crippen LogP contribution is 2.38. The number of fused-ring (bicyclic) bond motifs is 2. The maximum Gasteiger partial charge on any atom is 0.416 e. The SMILES string of the molecule is O=C(/C=C1\CCOc2cc(C(F)(F)F)ccc21)Nc1ccc2c(c1)C(O)CCC2. The predicted molar refractivity (Wildman–Crippen MR) is 103 cm³/mol. The van der Waals surface area contributed by atoms with Gasteiger partial charge in [-0.05, 0) is 60.2 Å². The van der Waals surface area contributed by atoms with Gasteiger partial charge in [0.05, 0.1) is 18.3 Å². The molecular formula is C22H20F3NO3. The number of hydrogen-bond acceptors (Lipinski definition) is 3. The smallest absolute Gasteiger partial charge is 0.416 e. The predicted octanol–water partition coefficient (Wildman–Crippen LogP) is 4.88. The number of aryl methyl sites for hydroxylation is 1. The molecule has 0 aromatic heterocycles. The molecule has 2 N–H and O–H groups in total. The molecule has 4 nitrogen and oxygen atoms in total. The van der Waals surface area contributed by atoms with Gasteiger partial charge in [-0.25, -0.2) is 0 Å². The van der Waals surface area contributed by atoms with Crippen molar-refractivity contribution in [2.45, 2.75) is 38.0 Å². The topological polar surface area (TPSA) is 58.6 Å². The highest BCUT2D eigenvalue weighted by Gasteiger charge is 2.32. The van der Waals surface area contributed by atoms with Crippen LogP contribution >= 0.6 is 0 Å². The first-order valence-electron chi connectivity index (χ1n) is 9.48. The third kappa shape index (κ3) is 4.15. The van der Waals surface area contributed by atoms with E-state index in [1.54, 1.807) is 12.1 Å². The summed E-state index contributed by atoms with van der Waals surface area (Å²) in [5.41, 5.74) is 2.81. The summed E-state index contributed by atoms with van der Waals surface area (Å²) < 4.78 is 44.1. The van der Waals surface area contributed by atoms with Gasteiger partial charge in [0.2, 0.25) is 5.91 Å². The first kappa shape index (κ1) is 19.5. The van der Waals surface area contributed by atoms with Gasteiger partial charge in [-0.3, -0.25) is 4.79 Å². The lowest BCUT2D eigenvalue weighted by atomic mass is 9.89. The van der Waals surface area contributed by atoms with Crippen molar-refractivity contribution >= 4 is 17.2 Å². The van der Waals surface area contributed by atoms with Crippen LogP contribution in [0, 0.1) is 0 Å². The molecule has 0 bridgehead atoms. The van der Waals surface area contributed by atoms with Crippen molar-refractivity contribution in [3.63, 3.8) is 0 Å². The average Bonchev–Trinajstić information content (AvgIpc) is 2.68. The molecule has 2 aromatic rings. The molecule has 1 heterocycles. The van der Waals surface area contributed by atoms with Crippen molar-refractivity contribution in [3.05, 3.63) is 64.7 Å². The van der Waals surface area contributed by atoms with Crippen molar-refractivity contribution < 1.29 is 27.8 Å². The fourth-order valence-corrected chi connectivity index (χ4v) is 3.83. The van der Waals surface area contributed by atoms with Crippen LogP contribution < -0.4 is 10.1 Å². The first-order valence-corrected chi connectivity index (χ1v) is 9.48. The molecule has 152 valence electrons. The van der Waals surface area contributed by atoms with E-state index in [1.165, 1.54) is 12.1 Å². The van der Waals surface area contributed by atoms with E-state index in [0.29, 0.717) is 29.7 Å². The molecule has 2 aliphatic rings. The van der Waals surface area contributed by atoms with E-state index in [2.05, 4.69) is 5.32 Å². The van der Waals surface area contributed by atoms with Crippen LogP contribution in [0.25, 0.3) is 5.57 Å². The van der Waals surface area contributed by atoms with Crippen molar-refractivity contribution in [2.24, 2.45) is 0 Å². The van der Waals surface area contributed by atoms with E-state index in [-0.39, 0.29) is 18.3 Å². The number of rotatable bonds is 2. The molecule has 29 heavy (non-hydrogen) atoms. The van der Waals surface area contributed by atoms with E-state index < -0.39 is 17.8 Å². The number of benzene rings is 2. The molecule has 1 atom stereocenters. The van der Waals surface area contributed by atoms with E-state index in [1.807, 2.05) is 6.07 Å². The summed E-state index contributed by atoms with van der Waals surface area (Å²) in [6, 6.07) is 8.77. The molecule has 0 spiro atoms. The molecule has 0 saturated heterocycles. The van der Waals surface area contributed by atoms with E-state index in [0.717, 1.165) is 36.1 Å². The largest absolute Gasteiger partial charge is 0.493 e. The Hall–Kier alpha value is -2.80. The quantitative estimate of drug-likeness (QED) is 0.703. The number of halogens is 3. The number of alkyl halides is 3. The number of ether oxygens (including phenoxy) is 1. The third-order valence-corrected chi connectivity index (χ3v) is 5.29. The van der Waals surface area contributed by atoms with Crippen LogP contribution in [-0.2, 0) is 17.4 Å². The minimum absolute atomic E-state index is 0.127. The average molecular weight is 403 g/mol. The van der Waals surface area contributed by atoms with Crippen molar-refractivity contribution in [2.75, 3.05) is 11.9 Å². The van der Waals surface area contributed by atoms with Gasteiger partial charge in [0.25, 0.3) is 0 Å². The summed E-state index contributed by atoms with van der Waals surface area (Å²) in [4.78, 5) is 12.5. The zero-order chi connectivity index (χ0) is 20.6. The minimum atomic E-state index is -4.45. The van der Waals surface area contributed by atoms with Crippen molar-refractivity contribution in [3.8, 4) is 5.75 Å². The molecule has 2 aromatic carbocycles. The minimum Gasteiger partial charge on any atom is -0.493 e. The Morgan fingerprint density at radius 1 is 1.17 bits per heavy atom. The Bertz CT molecular complexity index is 982. The molecule has 7 heteroatoms. The standard InChI is InChI=1S/C22H20F3NO3/c23-22(24,25)15-5-7-17-14(8-9-29-20(17)11-15)10-21(28)26-16-6-4-13-2-1-3-19(27)18(13)12-16/h4-7,10-12,19,27H,1-3,8-9H2,(H,26,28)/b14-10+. The molecule has 1 aliphatic carbocycles. The van der Waals surface area contributed by atoms with Gasteiger partial charge in [0.15, 0.2) is 0 Å². The monoisotopic (exact) mass is 403 g/mol. The Morgan fingerprint density at radius 3 is 2.79 bits per heavy atom. The van der Waals surface area contributed by atoms with Crippen LogP contribution in [0.1, 0.15) is 47.6 Å². The number of amides is 1. The number of carbonyl (C=O) groups is 1. The first-order chi connectivity index (χ1) is 13.8. The lowest BCUT2D eigenvalue weighted by Gasteiger charge is -2.22. The van der Waals surface area contributed by atoms with Crippen molar-refractivity contribution in [1.82, 2.24) is 0 Å². The maximum atomic E-state index is 12.9. The lowest BCUT2D eigenvalue weighted by molar-refractivity contribution is -0.137. The molecule has 0 radical (unpaired) electrons.